The fraction of sp³-hybridized carbons (Fsp3) is 0.562. The van der Waals surface area contributed by atoms with E-state index in [2.05, 4.69) is 16.9 Å². The summed E-state index contributed by atoms with van der Waals surface area (Å²) in [7, 11) is 0. The Bertz CT molecular complexity index is 467. The number of rotatable bonds is 6. The van der Waals surface area contributed by atoms with Crippen molar-refractivity contribution in [3.63, 3.8) is 0 Å². The van der Waals surface area contributed by atoms with E-state index in [0.717, 1.165) is 24.1 Å². The van der Waals surface area contributed by atoms with Gasteiger partial charge in [0.2, 0.25) is 0 Å². The molecule has 1 aromatic carbocycles. The molecule has 0 bridgehead atoms. The molecule has 0 aromatic heterocycles. The highest BCUT2D eigenvalue weighted by Gasteiger charge is 2.25. The number of thioether (sulfide) groups is 1. The zero-order valence-corrected chi connectivity index (χ0v) is 13.5. The lowest BCUT2D eigenvalue weighted by molar-refractivity contribution is 0.134. The number of hydrogen-bond acceptors (Lipinski definition) is 3. The van der Waals surface area contributed by atoms with E-state index in [1.165, 1.54) is 6.42 Å². The van der Waals surface area contributed by atoms with Crippen LogP contribution in [0.5, 0.6) is 0 Å². The van der Waals surface area contributed by atoms with Crippen LogP contribution in [0.1, 0.15) is 31.7 Å². The Balaban J connectivity index is 1.87. The monoisotopic (exact) mass is 308 g/mol. The molecule has 2 amide bonds. The molecule has 0 heterocycles. The molecule has 1 saturated carbocycles. The van der Waals surface area contributed by atoms with Crippen LogP contribution in [0.2, 0.25) is 0 Å². The molecule has 21 heavy (non-hydrogen) atoms. The largest absolute Gasteiger partial charge is 0.377 e. The molecule has 0 aliphatic heterocycles. The van der Waals surface area contributed by atoms with Crippen LogP contribution in [0.15, 0.2) is 24.3 Å². The van der Waals surface area contributed by atoms with Gasteiger partial charge < -0.3 is 15.4 Å². The average molecular weight is 308 g/mol. The third kappa shape index (κ3) is 4.93. The first-order valence-corrected chi connectivity index (χ1v) is 8.77. The Kier molecular flexibility index (Phi) is 6.39. The summed E-state index contributed by atoms with van der Waals surface area (Å²) in [6.07, 6.45) is 5.46. The molecule has 0 spiro atoms. The van der Waals surface area contributed by atoms with E-state index in [-0.39, 0.29) is 6.03 Å². The SMILES string of the molecule is CCOCc1ccccc1NC(=O)N[C@H]1CC[C@@H](SC)C1. The summed E-state index contributed by atoms with van der Waals surface area (Å²) in [4.78, 5) is 12.1. The first kappa shape index (κ1) is 16.2. The molecule has 1 aromatic rings. The number of hydrogen-bond donors (Lipinski definition) is 2. The van der Waals surface area contributed by atoms with Gasteiger partial charge in [0.15, 0.2) is 0 Å². The number of carbonyl (C=O) groups excluding carboxylic acids is 1. The van der Waals surface area contributed by atoms with E-state index in [1.54, 1.807) is 0 Å². The second-order valence-corrected chi connectivity index (χ2v) is 6.40. The van der Waals surface area contributed by atoms with Gasteiger partial charge in [-0.2, -0.15) is 11.8 Å². The molecule has 0 saturated heterocycles. The van der Waals surface area contributed by atoms with E-state index < -0.39 is 0 Å². The first-order chi connectivity index (χ1) is 10.2. The quantitative estimate of drug-likeness (QED) is 0.844. The predicted octanol–water partition coefficient (Wildman–Crippen LogP) is 3.63. The van der Waals surface area contributed by atoms with Crippen molar-refractivity contribution in [3.05, 3.63) is 29.8 Å². The van der Waals surface area contributed by atoms with E-state index >= 15 is 0 Å². The van der Waals surface area contributed by atoms with E-state index in [0.29, 0.717) is 24.5 Å². The van der Waals surface area contributed by atoms with Gasteiger partial charge in [-0.1, -0.05) is 18.2 Å². The summed E-state index contributed by atoms with van der Waals surface area (Å²) in [5.41, 5.74) is 1.82. The molecule has 1 aliphatic carbocycles. The molecule has 2 rings (SSSR count). The predicted molar refractivity (Wildman–Crippen MR) is 88.9 cm³/mol. The fourth-order valence-electron chi connectivity index (χ4n) is 2.61. The lowest BCUT2D eigenvalue weighted by atomic mass is 10.2. The van der Waals surface area contributed by atoms with Gasteiger partial charge >= 0.3 is 6.03 Å². The molecule has 0 unspecified atom stereocenters. The van der Waals surface area contributed by atoms with Crippen molar-refractivity contribution in [3.8, 4) is 0 Å². The number of nitrogens with one attached hydrogen (secondary N) is 2. The number of anilines is 1. The molecule has 4 nitrogen and oxygen atoms in total. The van der Waals surface area contributed by atoms with Crippen LogP contribution in [0.4, 0.5) is 10.5 Å². The lowest BCUT2D eigenvalue weighted by Gasteiger charge is -2.15. The summed E-state index contributed by atoms with van der Waals surface area (Å²) in [6, 6.07) is 7.94. The second kappa shape index (κ2) is 8.29. The Labute approximate surface area is 131 Å². The van der Waals surface area contributed by atoms with Gasteiger partial charge in [-0.3, -0.25) is 0 Å². The molecular weight excluding hydrogens is 284 g/mol. The van der Waals surface area contributed by atoms with Crippen molar-refractivity contribution in [1.82, 2.24) is 5.32 Å². The molecule has 0 radical (unpaired) electrons. The minimum absolute atomic E-state index is 0.120. The second-order valence-electron chi connectivity index (χ2n) is 5.26. The summed E-state index contributed by atoms with van der Waals surface area (Å²) < 4.78 is 5.43. The normalized spacial score (nSPS) is 21.2. The maximum Gasteiger partial charge on any atom is 0.319 e. The van der Waals surface area contributed by atoms with Crippen molar-refractivity contribution < 1.29 is 9.53 Å². The zero-order chi connectivity index (χ0) is 15.1. The Morgan fingerprint density at radius 3 is 2.90 bits per heavy atom. The Hall–Kier alpha value is -1.20. The van der Waals surface area contributed by atoms with Crippen LogP contribution >= 0.6 is 11.8 Å². The molecule has 5 heteroatoms. The molecule has 116 valence electrons. The smallest absolute Gasteiger partial charge is 0.319 e. The fourth-order valence-corrected chi connectivity index (χ4v) is 3.41. The van der Waals surface area contributed by atoms with Gasteiger partial charge in [-0.15, -0.1) is 0 Å². The van der Waals surface area contributed by atoms with Gasteiger partial charge in [0.25, 0.3) is 0 Å². The summed E-state index contributed by atoms with van der Waals surface area (Å²) in [5.74, 6) is 0. The molecule has 1 fully saturated rings. The topological polar surface area (TPSA) is 50.4 Å². The van der Waals surface area contributed by atoms with Crippen LogP contribution in [-0.2, 0) is 11.3 Å². The number of ether oxygens (including phenoxy) is 1. The summed E-state index contributed by atoms with van der Waals surface area (Å²) >= 11 is 1.89. The summed E-state index contributed by atoms with van der Waals surface area (Å²) in [5, 5.41) is 6.69. The van der Waals surface area contributed by atoms with Gasteiger partial charge in [-0.25, -0.2) is 4.79 Å². The van der Waals surface area contributed by atoms with Gasteiger partial charge in [0, 0.05) is 29.1 Å². The third-order valence-corrected chi connectivity index (χ3v) is 4.88. The zero-order valence-electron chi connectivity index (χ0n) is 12.7. The van der Waals surface area contributed by atoms with Crippen LogP contribution in [-0.4, -0.2) is 30.2 Å². The van der Waals surface area contributed by atoms with Gasteiger partial charge in [0.05, 0.1) is 6.61 Å². The Morgan fingerprint density at radius 1 is 1.38 bits per heavy atom. The van der Waals surface area contributed by atoms with E-state index in [9.17, 15) is 4.79 Å². The van der Waals surface area contributed by atoms with Crippen LogP contribution in [0, 0.1) is 0 Å². The standard InChI is InChI=1S/C16H24N2O2S/c1-3-20-11-12-6-4-5-7-15(12)18-16(19)17-13-8-9-14(10-13)21-2/h4-7,13-14H,3,8-11H2,1-2H3,(H2,17,18,19)/t13-,14+/m0/s1. The van der Waals surface area contributed by atoms with Gasteiger partial charge in [-0.05, 0) is 38.5 Å². The Morgan fingerprint density at radius 2 is 2.19 bits per heavy atom. The average Bonchev–Trinajstić information content (AvgIpc) is 2.94. The lowest BCUT2D eigenvalue weighted by Crippen LogP contribution is -2.36. The maximum atomic E-state index is 12.1. The first-order valence-electron chi connectivity index (χ1n) is 7.49. The number of amides is 2. The van der Waals surface area contributed by atoms with Crippen LogP contribution in [0.3, 0.4) is 0 Å². The van der Waals surface area contributed by atoms with Gasteiger partial charge in [0.1, 0.15) is 0 Å². The van der Waals surface area contributed by atoms with E-state index in [4.69, 9.17) is 4.74 Å². The third-order valence-electron chi connectivity index (χ3n) is 3.78. The number of urea groups is 1. The van der Waals surface area contributed by atoms with Crippen molar-refractivity contribution in [1.29, 1.82) is 0 Å². The highest BCUT2D eigenvalue weighted by atomic mass is 32.2. The van der Waals surface area contributed by atoms with E-state index in [1.807, 2.05) is 43.0 Å². The molecule has 1 aliphatic rings. The molecular formula is C16H24N2O2S. The minimum Gasteiger partial charge on any atom is -0.377 e. The number of para-hydroxylation sites is 1. The van der Waals surface area contributed by atoms with Crippen molar-refractivity contribution in [2.24, 2.45) is 0 Å². The van der Waals surface area contributed by atoms with Crippen molar-refractivity contribution in [2.45, 2.75) is 44.1 Å². The highest BCUT2D eigenvalue weighted by molar-refractivity contribution is 7.99. The number of benzene rings is 1. The number of carbonyl (C=O) groups is 1. The molecule has 2 atom stereocenters. The summed E-state index contributed by atoms with van der Waals surface area (Å²) in [6.45, 7) is 3.15. The molecule has 2 N–H and O–H groups in total. The van der Waals surface area contributed by atoms with Crippen molar-refractivity contribution in [2.75, 3.05) is 18.2 Å². The van der Waals surface area contributed by atoms with Crippen LogP contribution < -0.4 is 10.6 Å². The van der Waals surface area contributed by atoms with Crippen molar-refractivity contribution >= 4 is 23.5 Å². The highest BCUT2D eigenvalue weighted by Crippen LogP contribution is 2.28. The van der Waals surface area contributed by atoms with Crippen LogP contribution in [0.25, 0.3) is 0 Å². The minimum atomic E-state index is -0.120. The maximum absolute atomic E-state index is 12.1.